The number of nitrogens with one attached hydrogen (secondary N) is 1. The summed E-state index contributed by atoms with van der Waals surface area (Å²) in [6, 6.07) is 4.06. The molecule has 0 radical (unpaired) electrons. The molecule has 2 aromatic heterocycles. The van der Waals surface area contributed by atoms with Gasteiger partial charge in [-0.15, -0.1) is 22.7 Å². The molecule has 0 spiro atoms. The molecule has 94 valence electrons. The average Bonchev–Trinajstić information content (AvgIpc) is 2.88. The van der Waals surface area contributed by atoms with Crippen molar-refractivity contribution in [3.05, 3.63) is 51.6 Å². The molecule has 2 nitrogen and oxygen atoms in total. The van der Waals surface area contributed by atoms with E-state index >= 15 is 0 Å². The summed E-state index contributed by atoms with van der Waals surface area (Å²) in [5.74, 6) is 0. The fraction of sp³-hybridized carbons (Fsp3) is 0.143. The van der Waals surface area contributed by atoms with E-state index in [1.54, 1.807) is 22.7 Å². The highest BCUT2D eigenvalue weighted by Gasteiger charge is 2.14. The summed E-state index contributed by atoms with van der Waals surface area (Å²) in [6.07, 6.45) is 0. The Hall–Kier alpha value is -1.52. The molecule has 0 unspecified atom stereocenters. The van der Waals surface area contributed by atoms with Gasteiger partial charge < -0.3 is 11.1 Å². The second-order valence-electron chi connectivity index (χ2n) is 4.09. The Morgan fingerprint density at radius 1 is 1.33 bits per heavy atom. The molecular formula is C14H16N2S2. The van der Waals surface area contributed by atoms with Gasteiger partial charge in [-0.25, -0.2) is 0 Å². The van der Waals surface area contributed by atoms with Crippen molar-refractivity contribution in [1.29, 1.82) is 0 Å². The van der Waals surface area contributed by atoms with Crippen LogP contribution in [0.1, 0.15) is 20.9 Å². The number of aryl methyl sites for hydroxylation is 1. The van der Waals surface area contributed by atoms with E-state index in [0.717, 1.165) is 21.1 Å². The first-order valence-electron chi connectivity index (χ1n) is 5.55. The number of anilines is 1. The summed E-state index contributed by atoms with van der Waals surface area (Å²) in [4.78, 5) is 2.38. The summed E-state index contributed by atoms with van der Waals surface area (Å²) in [5.41, 5.74) is 9.56. The van der Waals surface area contributed by atoms with Gasteiger partial charge in [0.15, 0.2) is 0 Å². The second-order valence-corrected chi connectivity index (χ2v) is 6.27. The van der Waals surface area contributed by atoms with Gasteiger partial charge in [0.1, 0.15) is 5.00 Å². The Morgan fingerprint density at radius 2 is 2.06 bits per heavy atom. The fourth-order valence-corrected chi connectivity index (χ4v) is 3.53. The van der Waals surface area contributed by atoms with Gasteiger partial charge in [0.25, 0.3) is 0 Å². The van der Waals surface area contributed by atoms with Gasteiger partial charge in [0.2, 0.25) is 0 Å². The third kappa shape index (κ3) is 2.35. The van der Waals surface area contributed by atoms with E-state index in [1.165, 1.54) is 10.4 Å². The molecule has 0 fully saturated rings. The van der Waals surface area contributed by atoms with E-state index in [4.69, 9.17) is 5.73 Å². The fourth-order valence-electron chi connectivity index (χ4n) is 1.75. The molecular weight excluding hydrogens is 260 g/mol. The van der Waals surface area contributed by atoms with Crippen LogP contribution in [0, 0.1) is 13.8 Å². The Labute approximate surface area is 115 Å². The molecule has 4 heteroatoms. The van der Waals surface area contributed by atoms with Crippen molar-refractivity contribution in [2.75, 3.05) is 5.32 Å². The van der Waals surface area contributed by atoms with Crippen molar-refractivity contribution in [2.24, 2.45) is 5.73 Å². The highest BCUT2D eigenvalue weighted by molar-refractivity contribution is 7.16. The topological polar surface area (TPSA) is 38.0 Å². The first kappa shape index (κ1) is 12.9. The quantitative estimate of drug-likeness (QED) is 0.866. The van der Waals surface area contributed by atoms with Crippen molar-refractivity contribution in [2.45, 2.75) is 13.8 Å². The Morgan fingerprint density at radius 3 is 2.61 bits per heavy atom. The summed E-state index contributed by atoms with van der Waals surface area (Å²) < 4.78 is 0. The molecule has 18 heavy (non-hydrogen) atoms. The van der Waals surface area contributed by atoms with Crippen LogP contribution < -0.4 is 11.1 Å². The number of thiophene rings is 2. The number of nitrogens with two attached hydrogens (primary N) is 1. The molecule has 0 amide bonds. The maximum Gasteiger partial charge on any atom is 0.103 e. The molecule has 2 heterocycles. The molecule has 0 aliphatic heterocycles. The van der Waals surface area contributed by atoms with Gasteiger partial charge in [-0.05, 0) is 30.9 Å². The van der Waals surface area contributed by atoms with E-state index in [2.05, 4.69) is 32.3 Å². The zero-order valence-corrected chi connectivity index (χ0v) is 12.2. The van der Waals surface area contributed by atoms with Gasteiger partial charge in [0, 0.05) is 26.7 Å². The van der Waals surface area contributed by atoms with Gasteiger partial charge >= 0.3 is 0 Å². The van der Waals surface area contributed by atoms with E-state index in [-0.39, 0.29) is 0 Å². The van der Waals surface area contributed by atoms with Crippen LogP contribution in [-0.2, 0) is 0 Å². The van der Waals surface area contributed by atoms with Crippen molar-refractivity contribution < 1.29 is 0 Å². The maximum atomic E-state index is 5.87. The van der Waals surface area contributed by atoms with Gasteiger partial charge in [-0.3, -0.25) is 0 Å². The molecule has 2 aromatic rings. The molecule has 3 N–H and O–H groups in total. The normalized spacial score (nSPS) is 10.3. The summed E-state index contributed by atoms with van der Waals surface area (Å²) in [5, 5.41) is 6.41. The SMILES string of the molecule is C=C(Nc1sc(C)c(C)c1C(=C)N)c1cccs1. The van der Waals surface area contributed by atoms with E-state index < -0.39 is 0 Å². The molecule has 0 aromatic carbocycles. The lowest BCUT2D eigenvalue weighted by Gasteiger charge is -2.09. The molecule has 0 aliphatic rings. The van der Waals surface area contributed by atoms with Gasteiger partial charge in [0.05, 0.1) is 0 Å². The van der Waals surface area contributed by atoms with Gasteiger partial charge in [-0.2, -0.15) is 0 Å². The van der Waals surface area contributed by atoms with Crippen LogP contribution in [0.25, 0.3) is 11.4 Å². The van der Waals surface area contributed by atoms with Gasteiger partial charge in [-0.1, -0.05) is 19.2 Å². The first-order valence-corrected chi connectivity index (χ1v) is 7.25. The predicted molar refractivity (Wildman–Crippen MR) is 84.0 cm³/mol. The lowest BCUT2D eigenvalue weighted by atomic mass is 10.1. The lowest BCUT2D eigenvalue weighted by molar-refractivity contribution is 1.39. The molecule has 2 rings (SSSR count). The Balaban J connectivity index is 2.32. The monoisotopic (exact) mass is 276 g/mol. The van der Waals surface area contributed by atoms with Crippen LogP contribution in [0.15, 0.2) is 30.7 Å². The molecule has 0 saturated heterocycles. The standard InChI is InChI=1S/C14H16N2S2/c1-8-11(4)18-14(13(8)9(2)15)16-10(3)12-6-5-7-17-12/h5-7,16H,2-3,15H2,1,4H3. The molecule has 0 bridgehead atoms. The third-order valence-corrected chi connectivity index (χ3v) is 4.84. The minimum absolute atomic E-state index is 0.596. The predicted octanol–water partition coefficient (Wildman–Crippen LogP) is 4.44. The number of hydrogen-bond acceptors (Lipinski definition) is 4. The van der Waals surface area contributed by atoms with Crippen LogP contribution in [0.3, 0.4) is 0 Å². The summed E-state index contributed by atoms with van der Waals surface area (Å²) in [6.45, 7) is 12.1. The maximum absolute atomic E-state index is 5.87. The number of rotatable bonds is 4. The van der Waals surface area contributed by atoms with Crippen molar-refractivity contribution in [1.82, 2.24) is 0 Å². The van der Waals surface area contributed by atoms with E-state index in [1.807, 2.05) is 17.5 Å². The van der Waals surface area contributed by atoms with Crippen LogP contribution in [0.2, 0.25) is 0 Å². The van der Waals surface area contributed by atoms with E-state index in [0.29, 0.717) is 5.70 Å². The number of hydrogen-bond donors (Lipinski definition) is 2. The molecule has 0 aliphatic carbocycles. The van der Waals surface area contributed by atoms with Crippen LogP contribution in [-0.4, -0.2) is 0 Å². The second kappa shape index (κ2) is 5.00. The highest BCUT2D eigenvalue weighted by atomic mass is 32.1. The van der Waals surface area contributed by atoms with E-state index in [9.17, 15) is 0 Å². The largest absolute Gasteiger partial charge is 0.399 e. The molecule has 0 saturated carbocycles. The smallest absolute Gasteiger partial charge is 0.103 e. The minimum atomic E-state index is 0.596. The van der Waals surface area contributed by atoms with Crippen LogP contribution in [0.5, 0.6) is 0 Å². The zero-order valence-electron chi connectivity index (χ0n) is 10.5. The highest BCUT2D eigenvalue weighted by Crippen LogP contribution is 2.37. The van der Waals surface area contributed by atoms with Crippen molar-refractivity contribution >= 4 is 39.1 Å². The lowest BCUT2D eigenvalue weighted by Crippen LogP contribution is -2.01. The Bertz CT molecular complexity index is 592. The summed E-state index contributed by atoms with van der Waals surface area (Å²) in [7, 11) is 0. The minimum Gasteiger partial charge on any atom is -0.399 e. The third-order valence-electron chi connectivity index (χ3n) is 2.79. The van der Waals surface area contributed by atoms with Crippen molar-refractivity contribution in [3.8, 4) is 0 Å². The average molecular weight is 276 g/mol. The van der Waals surface area contributed by atoms with Crippen LogP contribution >= 0.6 is 22.7 Å². The van der Waals surface area contributed by atoms with Crippen LogP contribution in [0.4, 0.5) is 5.00 Å². The van der Waals surface area contributed by atoms with Crippen molar-refractivity contribution in [3.63, 3.8) is 0 Å². The zero-order chi connectivity index (χ0) is 13.3. The molecule has 0 atom stereocenters. The Kier molecular flexibility index (Phi) is 3.59. The summed E-state index contributed by atoms with van der Waals surface area (Å²) >= 11 is 3.35. The first-order chi connectivity index (χ1) is 8.50.